The molecule has 1 aromatic heterocycles. The van der Waals surface area contributed by atoms with Crippen molar-refractivity contribution >= 4 is 11.9 Å². The molecule has 2 aromatic carbocycles. The van der Waals surface area contributed by atoms with Crippen LogP contribution in [0.15, 0.2) is 54.7 Å². The van der Waals surface area contributed by atoms with Crippen molar-refractivity contribution in [2.75, 3.05) is 19.5 Å². The van der Waals surface area contributed by atoms with Crippen LogP contribution in [0.4, 0.5) is 5.95 Å². The van der Waals surface area contributed by atoms with Crippen molar-refractivity contribution < 1.29 is 14.3 Å². The number of benzene rings is 2. The molecule has 0 radical (unpaired) electrons. The molecule has 3 aromatic rings. The Kier molecular flexibility index (Phi) is 6.63. The average Bonchev–Trinajstić information content (AvgIpc) is 2.76. The number of methoxy groups -OCH3 is 2. The minimum Gasteiger partial charge on any atom is -0.497 e. The molecule has 0 saturated heterocycles. The lowest BCUT2D eigenvalue weighted by Crippen LogP contribution is -2.24. The number of amides is 1. The van der Waals surface area contributed by atoms with Crippen LogP contribution in [0.3, 0.4) is 0 Å². The molecule has 7 nitrogen and oxygen atoms in total. The summed E-state index contributed by atoms with van der Waals surface area (Å²) in [5.74, 6) is 1.86. The summed E-state index contributed by atoms with van der Waals surface area (Å²) in [6, 6.07) is 15.3. The van der Waals surface area contributed by atoms with Crippen molar-refractivity contribution in [2.24, 2.45) is 0 Å². The van der Waals surface area contributed by atoms with Gasteiger partial charge in [-0.2, -0.15) is 0 Å². The lowest BCUT2D eigenvalue weighted by Gasteiger charge is -2.10. The normalized spacial score (nSPS) is 10.3. The Balaban J connectivity index is 1.56. The first-order valence-electron chi connectivity index (χ1n) is 9.20. The van der Waals surface area contributed by atoms with E-state index in [4.69, 9.17) is 9.47 Å². The van der Waals surface area contributed by atoms with Gasteiger partial charge < -0.3 is 20.1 Å². The number of nitrogens with zero attached hydrogens (tertiary/aromatic N) is 2. The molecule has 3 rings (SSSR count). The van der Waals surface area contributed by atoms with Crippen LogP contribution in [0.5, 0.6) is 11.5 Å². The third-order valence-electron chi connectivity index (χ3n) is 4.45. The van der Waals surface area contributed by atoms with Gasteiger partial charge in [-0.3, -0.25) is 4.79 Å². The maximum absolute atomic E-state index is 12.5. The van der Waals surface area contributed by atoms with E-state index in [0.717, 1.165) is 22.6 Å². The number of anilines is 1. The van der Waals surface area contributed by atoms with Gasteiger partial charge in [0.15, 0.2) is 0 Å². The Labute approximate surface area is 170 Å². The summed E-state index contributed by atoms with van der Waals surface area (Å²) in [5.41, 5.74) is 3.13. The first-order chi connectivity index (χ1) is 14.1. The molecular formula is C22H24N4O3. The number of rotatable bonds is 8. The summed E-state index contributed by atoms with van der Waals surface area (Å²) < 4.78 is 10.3. The van der Waals surface area contributed by atoms with E-state index in [-0.39, 0.29) is 5.91 Å². The number of carbonyl (C=O) groups excluding carboxylic acids is 1. The van der Waals surface area contributed by atoms with Gasteiger partial charge in [0.2, 0.25) is 5.95 Å². The van der Waals surface area contributed by atoms with E-state index in [1.54, 1.807) is 27.3 Å². The summed E-state index contributed by atoms with van der Waals surface area (Å²) in [6.07, 6.45) is 1.54. The van der Waals surface area contributed by atoms with Gasteiger partial charge in [0.1, 0.15) is 11.5 Å². The van der Waals surface area contributed by atoms with Gasteiger partial charge in [0, 0.05) is 19.3 Å². The zero-order valence-corrected chi connectivity index (χ0v) is 16.7. The van der Waals surface area contributed by atoms with Crippen LogP contribution in [-0.4, -0.2) is 30.1 Å². The summed E-state index contributed by atoms with van der Waals surface area (Å²) in [7, 11) is 3.26. The second kappa shape index (κ2) is 9.54. The van der Waals surface area contributed by atoms with E-state index >= 15 is 0 Å². The lowest BCUT2D eigenvalue weighted by atomic mass is 10.2. The molecule has 29 heavy (non-hydrogen) atoms. The van der Waals surface area contributed by atoms with Gasteiger partial charge >= 0.3 is 0 Å². The predicted octanol–water partition coefficient (Wildman–Crippen LogP) is 3.34. The molecule has 1 heterocycles. The number of carbonyl (C=O) groups is 1. The Morgan fingerprint density at radius 3 is 1.97 bits per heavy atom. The van der Waals surface area contributed by atoms with Gasteiger partial charge in [-0.15, -0.1) is 0 Å². The highest BCUT2D eigenvalue weighted by molar-refractivity contribution is 5.94. The van der Waals surface area contributed by atoms with E-state index in [9.17, 15) is 4.79 Å². The summed E-state index contributed by atoms with van der Waals surface area (Å²) in [4.78, 5) is 21.1. The van der Waals surface area contributed by atoms with Crippen LogP contribution in [0.25, 0.3) is 0 Å². The van der Waals surface area contributed by atoms with Gasteiger partial charge in [-0.25, -0.2) is 9.97 Å². The zero-order chi connectivity index (χ0) is 20.6. The van der Waals surface area contributed by atoms with Crippen molar-refractivity contribution in [3.63, 3.8) is 0 Å². The smallest absolute Gasteiger partial charge is 0.254 e. The molecule has 1 amide bonds. The van der Waals surface area contributed by atoms with Crippen LogP contribution in [-0.2, 0) is 13.1 Å². The average molecular weight is 392 g/mol. The number of aryl methyl sites for hydroxylation is 1. The molecule has 0 aliphatic carbocycles. The number of hydrogen-bond donors (Lipinski definition) is 2. The van der Waals surface area contributed by atoms with E-state index in [0.29, 0.717) is 30.3 Å². The molecule has 7 heteroatoms. The van der Waals surface area contributed by atoms with Crippen molar-refractivity contribution in [2.45, 2.75) is 20.0 Å². The largest absolute Gasteiger partial charge is 0.497 e. The highest BCUT2D eigenvalue weighted by atomic mass is 16.5. The van der Waals surface area contributed by atoms with Crippen LogP contribution in [0.1, 0.15) is 27.2 Å². The number of hydrogen-bond acceptors (Lipinski definition) is 6. The molecule has 0 spiro atoms. The van der Waals surface area contributed by atoms with E-state index in [1.165, 1.54) is 0 Å². The molecule has 0 atom stereocenters. The Morgan fingerprint density at radius 2 is 1.45 bits per heavy atom. The quantitative estimate of drug-likeness (QED) is 0.612. The minimum atomic E-state index is -0.208. The molecule has 0 aliphatic rings. The standard InChI is InChI=1S/C22H24N4O3/c1-15-20(21(27)23-12-16-4-8-18(28-2)9-5-16)14-25-22(26-15)24-13-17-6-10-19(29-3)11-7-17/h4-11,14H,12-13H2,1-3H3,(H,23,27)(H,24,25,26). The first kappa shape index (κ1) is 20.1. The van der Waals surface area contributed by atoms with Gasteiger partial charge in [-0.05, 0) is 42.3 Å². The summed E-state index contributed by atoms with van der Waals surface area (Å²) in [6.45, 7) is 2.79. The number of nitrogens with one attached hydrogen (secondary N) is 2. The molecule has 0 saturated carbocycles. The highest BCUT2D eigenvalue weighted by Gasteiger charge is 2.12. The zero-order valence-electron chi connectivity index (χ0n) is 16.7. The summed E-state index contributed by atoms with van der Waals surface area (Å²) in [5, 5.41) is 6.06. The molecule has 0 bridgehead atoms. The second-order valence-electron chi connectivity index (χ2n) is 6.43. The Hall–Kier alpha value is -3.61. The fraction of sp³-hybridized carbons (Fsp3) is 0.227. The predicted molar refractivity (Wildman–Crippen MR) is 111 cm³/mol. The molecular weight excluding hydrogens is 368 g/mol. The SMILES string of the molecule is COc1ccc(CNC(=O)c2cnc(NCc3ccc(OC)cc3)nc2C)cc1. The van der Waals surface area contributed by atoms with Crippen molar-refractivity contribution in [1.29, 1.82) is 0 Å². The van der Waals surface area contributed by atoms with E-state index in [2.05, 4.69) is 20.6 Å². The van der Waals surface area contributed by atoms with E-state index in [1.807, 2.05) is 48.5 Å². The first-order valence-corrected chi connectivity index (χ1v) is 9.20. The number of ether oxygens (including phenoxy) is 2. The topological polar surface area (TPSA) is 85.4 Å². The monoisotopic (exact) mass is 392 g/mol. The number of aromatic nitrogens is 2. The Morgan fingerprint density at radius 1 is 0.897 bits per heavy atom. The second-order valence-corrected chi connectivity index (χ2v) is 6.43. The third kappa shape index (κ3) is 5.44. The van der Waals surface area contributed by atoms with Crippen molar-refractivity contribution in [3.05, 3.63) is 77.1 Å². The fourth-order valence-corrected chi connectivity index (χ4v) is 2.72. The van der Waals surface area contributed by atoms with E-state index < -0.39 is 0 Å². The van der Waals surface area contributed by atoms with Gasteiger partial charge in [0.05, 0.1) is 25.5 Å². The molecule has 0 aliphatic heterocycles. The maximum atomic E-state index is 12.5. The van der Waals surface area contributed by atoms with Crippen LogP contribution >= 0.6 is 0 Å². The maximum Gasteiger partial charge on any atom is 0.254 e. The minimum absolute atomic E-state index is 0.208. The molecule has 150 valence electrons. The van der Waals surface area contributed by atoms with Crippen LogP contribution < -0.4 is 20.1 Å². The lowest BCUT2D eigenvalue weighted by molar-refractivity contribution is 0.0949. The van der Waals surface area contributed by atoms with Gasteiger partial charge in [-0.1, -0.05) is 24.3 Å². The van der Waals surface area contributed by atoms with Crippen molar-refractivity contribution in [3.8, 4) is 11.5 Å². The fourth-order valence-electron chi connectivity index (χ4n) is 2.72. The molecule has 2 N–H and O–H groups in total. The van der Waals surface area contributed by atoms with Crippen molar-refractivity contribution in [1.82, 2.24) is 15.3 Å². The van der Waals surface area contributed by atoms with Gasteiger partial charge in [0.25, 0.3) is 5.91 Å². The van der Waals surface area contributed by atoms with Crippen LogP contribution in [0, 0.1) is 6.92 Å². The molecule has 0 unspecified atom stereocenters. The third-order valence-corrected chi connectivity index (χ3v) is 4.45. The Bertz CT molecular complexity index is 957. The highest BCUT2D eigenvalue weighted by Crippen LogP contribution is 2.14. The summed E-state index contributed by atoms with van der Waals surface area (Å²) >= 11 is 0. The van der Waals surface area contributed by atoms with Crippen LogP contribution in [0.2, 0.25) is 0 Å². The molecule has 0 fully saturated rings.